The van der Waals surface area contributed by atoms with Gasteiger partial charge in [-0.15, -0.1) is 0 Å². The Bertz CT molecular complexity index is 1670. The first-order valence-corrected chi connectivity index (χ1v) is 14.4. The molecule has 1 fully saturated rings. The molecule has 8 heteroatoms. The number of fused-ring (bicyclic) bond motifs is 1. The minimum atomic E-state index is -1.43. The van der Waals surface area contributed by atoms with Crippen LogP contribution in [0.25, 0.3) is 0 Å². The van der Waals surface area contributed by atoms with Crippen LogP contribution in [0.5, 0.6) is 0 Å². The van der Waals surface area contributed by atoms with Crippen LogP contribution in [0.15, 0.2) is 97.2 Å². The molecule has 0 aliphatic carbocycles. The lowest BCUT2D eigenvalue weighted by molar-refractivity contribution is -0.128. The fraction of sp³-hybridized carbons (Fsp3) is 0.229. The monoisotopic (exact) mass is 573 g/mol. The Kier molecular flexibility index (Phi) is 8.09. The summed E-state index contributed by atoms with van der Waals surface area (Å²) in [7, 11) is 0. The third-order valence-corrected chi connectivity index (χ3v) is 7.85. The van der Waals surface area contributed by atoms with Gasteiger partial charge in [-0.05, 0) is 53.3 Å². The zero-order valence-electron chi connectivity index (χ0n) is 23.6. The molecule has 216 valence electrons. The maximum atomic E-state index is 14.3. The first-order chi connectivity index (χ1) is 21.0. The number of Topliss-reactive ketones (excluding diaryl/α,β-unsaturated/α-hetero) is 2. The quantitative estimate of drug-likeness (QED) is 0.207. The lowest BCUT2D eigenvalue weighted by Gasteiger charge is -2.33. The predicted molar refractivity (Wildman–Crippen MR) is 159 cm³/mol. The number of hydrogen-bond donors (Lipinski definition) is 0. The summed E-state index contributed by atoms with van der Waals surface area (Å²) in [6, 6.07) is 26.6. The Labute approximate surface area is 249 Å². The van der Waals surface area contributed by atoms with Crippen molar-refractivity contribution in [3.05, 3.63) is 136 Å². The molecule has 3 aromatic carbocycles. The predicted octanol–water partition coefficient (Wildman–Crippen LogP) is 5.38. The van der Waals surface area contributed by atoms with Crippen molar-refractivity contribution >= 4 is 23.6 Å². The smallest absolute Gasteiger partial charge is 0.411 e. The molecule has 2 amide bonds. The molecule has 3 heterocycles. The van der Waals surface area contributed by atoms with Crippen LogP contribution >= 0.6 is 0 Å². The Morgan fingerprint density at radius 2 is 1.56 bits per heavy atom. The van der Waals surface area contributed by atoms with Crippen LogP contribution in [-0.4, -0.2) is 50.9 Å². The molecule has 6 rings (SSSR count). The van der Waals surface area contributed by atoms with Gasteiger partial charge in [0, 0.05) is 36.8 Å². The molecule has 8 nitrogen and oxygen atoms in total. The number of benzene rings is 3. The van der Waals surface area contributed by atoms with Crippen LogP contribution in [0, 0.1) is 0 Å². The molecule has 43 heavy (non-hydrogen) atoms. The van der Waals surface area contributed by atoms with Gasteiger partial charge in [-0.2, -0.15) is 0 Å². The summed E-state index contributed by atoms with van der Waals surface area (Å²) in [6.07, 6.45) is 2.63. The van der Waals surface area contributed by atoms with E-state index >= 15 is 0 Å². The summed E-state index contributed by atoms with van der Waals surface area (Å²) >= 11 is 0. The van der Waals surface area contributed by atoms with E-state index in [9.17, 15) is 19.2 Å². The molecule has 1 unspecified atom stereocenters. The van der Waals surface area contributed by atoms with E-state index in [-0.39, 0.29) is 24.8 Å². The van der Waals surface area contributed by atoms with Gasteiger partial charge in [0.25, 0.3) is 0 Å². The van der Waals surface area contributed by atoms with E-state index in [0.29, 0.717) is 37.1 Å². The number of rotatable bonds is 8. The molecule has 1 saturated heterocycles. The van der Waals surface area contributed by atoms with E-state index in [2.05, 4.69) is 4.98 Å². The van der Waals surface area contributed by atoms with Crippen molar-refractivity contribution in [3.63, 3.8) is 0 Å². The number of amides is 2. The number of ether oxygens (including phenoxy) is 1. The highest BCUT2D eigenvalue weighted by Crippen LogP contribution is 2.27. The zero-order valence-corrected chi connectivity index (χ0v) is 23.6. The third-order valence-electron chi connectivity index (χ3n) is 7.85. The Morgan fingerprint density at radius 3 is 2.28 bits per heavy atom. The molecule has 0 radical (unpaired) electrons. The Balaban J connectivity index is 1.34. The van der Waals surface area contributed by atoms with E-state index in [0.717, 1.165) is 28.7 Å². The average Bonchev–Trinajstić information content (AvgIpc) is 3.44. The second-order valence-corrected chi connectivity index (χ2v) is 10.9. The average molecular weight is 574 g/mol. The Hall–Kier alpha value is -5.11. The lowest BCUT2D eigenvalue weighted by Crippen LogP contribution is -2.53. The topological polar surface area (TPSA) is 96.9 Å². The van der Waals surface area contributed by atoms with Gasteiger partial charge in [0.15, 0.2) is 11.8 Å². The van der Waals surface area contributed by atoms with E-state index < -0.39 is 23.7 Å². The van der Waals surface area contributed by atoms with Gasteiger partial charge in [0.2, 0.25) is 11.7 Å². The molecule has 0 N–H and O–H groups in total. The van der Waals surface area contributed by atoms with Gasteiger partial charge >= 0.3 is 6.09 Å². The maximum absolute atomic E-state index is 14.3. The highest BCUT2D eigenvalue weighted by Gasteiger charge is 2.43. The van der Waals surface area contributed by atoms with Crippen molar-refractivity contribution in [2.75, 3.05) is 6.54 Å². The highest BCUT2D eigenvalue weighted by molar-refractivity contribution is 6.21. The standard InChI is InChI=1S/C35H31N3O5/c39-30-14-8-16-37(30)21-27-18-26(17-24-9-3-1-4-10-24)19-29(20-27)33(40)32-34(41)31-28(13-7-15-36-31)22-38(32)35(42)43-23-25-11-5-2-6-12-25/h1-7,9-13,15,18-20,32H,8,14,16-17,21-23H2. The number of aromatic nitrogens is 1. The molecule has 2 aliphatic rings. The van der Waals surface area contributed by atoms with Gasteiger partial charge in [-0.3, -0.25) is 24.3 Å². The van der Waals surface area contributed by atoms with E-state index in [1.807, 2.05) is 66.7 Å². The maximum Gasteiger partial charge on any atom is 0.411 e. The van der Waals surface area contributed by atoms with Crippen molar-refractivity contribution in [1.29, 1.82) is 0 Å². The van der Waals surface area contributed by atoms with Crippen LogP contribution in [-0.2, 0) is 35.6 Å². The van der Waals surface area contributed by atoms with Gasteiger partial charge in [0.05, 0.1) is 6.54 Å². The van der Waals surface area contributed by atoms with Crippen molar-refractivity contribution in [3.8, 4) is 0 Å². The minimum Gasteiger partial charge on any atom is -0.445 e. The summed E-state index contributed by atoms with van der Waals surface area (Å²) in [4.78, 5) is 61.2. The third kappa shape index (κ3) is 6.23. The summed E-state index contributed by atoms with van der Waals surface area (Å²) < 4.78 is 5.59. The lowest BCUT2D eigenvalue weighted by atomic mass is 9.89. The number of carbonyl (C=O) groups excluding carboxylic acids is 4. The molecule has 4 aromatic rings. The number of carbonyl (C=O) groups is 4. The molecular formula is C35H31N3O5. The molecule has 1 atom stereocenters. The van der Waals surface area contributed by atoms with Crippen LogP contribution in [0.3, 0.4) is 0 Å². The van der Waals surface area contributed by atoms with E-state index in [1.165, 1.54) is 11.1 Å². The van der Waals surface area contributed by atoms with Crippen LogP contribution < -0.4 is 0 Å². The molecule has 2 aliphatic heterocycles. The van der Waals surface area contributed by atoms with Crippen molar-refractivity contribution in [1.82, 2.24) is 14.8 Å². The fourth-order valence-electron chi connectivity index (χ4n) is 5.75. The minimum absolute atomic E-state index is 0.00570. The molecule has 1 aromatic heterocycles. The number of hydrogen-bond acceptors (Lipinski definition) is 6. The molecule has 0 bridgehead atoms. The van der Waals surface area contributed by atoms with Gasteiger partial charge in [-0.25, -0.2) is 4.79 Å². The van der Waals surface area contributed by atoms with Crippen molar-refractivity contribution in [2.24, 2.45) is 0 Å². The van der Waals surface area contributed by atoms with Gasteiger partial charge in [0.1, 0.15) is 12.3 Å². The second-order valence-electron chi connectivity index (χ2n) is 10.9. The summed E-state index contributed by atoms with van der Waals surface area (Å²) in [5.74, 6) is -0.978. The number of nitrogens with zero attached hydrogens (tertiary/aromatic N) is 3. The van der Waals surface area contributed by atoms with Crippen molar-refractivity contribution < 1.29 is 23.9 Å². The van der Waals surface area contributed by atoms with E-state index in [4.69, 9.17) is 4.74 Å². The van der Waals surface area contributed by atoms with E-state index in [1.54, 1.807) is 29.2 Å². The summed E-state index contributed by atoms with van der Waals surface area (Å²) in [5, 5.41) is 0. The SMILES string of the molecule is O=C(c1cc(Cc2ccccc2)cc(CN2CCCC2=O)c1)C1C(=O)c2ncccc2CN1C(=O)OCc1ccccc1. The molecule has 0 saturated carbocycles. The highest BCUT2D eigenvalue weighted by atomic mass is 16.6. The first-order valence-electron chi connectivity index (χ1n) is 14.4. The van der Waals surface area contributed by atoms with Crippen LogP contribution in [0.2, 0.25) is 0 Å². The summed E-state index contributed by atoms with van der Waals surface area (Å²) in [6.45, 7) is 1.05. The fourth-order valence-corrected chi connectivity index (χ4v) is 5.75. The Morgan fingerprint density at radius 1 is 0.837 bits per heavy atom. The van der Waals surface area contributed by atoms with Crippen LogP contribution in [0.4, 0.5) is 4.79 Å². The number of likely N-dealkylation sites (tertiary alicyclic amines) is 1. The number of pyridine rings is 1. The largest absolute Gasteiger partial charge is 0.445 e. The normalized spacial score (nSPS) is 16.2. The van der Waals surface area contributed by atoms with Crippen molar-refractivity contribution in [2.45, 2.75) is 45.0 Å². The van der Waals surface area contributed by atoms with Gasteiger partial charge < -0.3 is 9.64 Å². The number of ketones is 2. The molecular weight excluding hydrogens is 542 g/mol. The van der Waals surface area contributed by atoms with Gasteiger partial charge in [-0.1, -0.05) is 72.8 Å². The summed E-state index contributed by atoms with van der Waals surface area (Å²) in [5.41, 5.74) is 4.56. The van der Waals surface area contributed by atoms with Crippen LogP contribution in [0.1, 0.15) is 61.5 Å². The zero-order chi connectivity index (χ0) is 29.8. The first kappa shape index (κ1) is 28.0. The second kappa shape index (κ2) is 12.4. The molecule has 0 spiro atoms.